The van der Waals surface area contributed by atoms with Crippen LogP contribution in [0.3, 0.4) is 0 Å². The van der Waals surface area contributed by atoms with Crippen molar-refractivity contribution in [3.63, 3.8) is 0 Å². The summed E-state index contributed by atoms with van der Waals surface area (Å²) in [7, 11) is 1.87. The van der Waals surface area contributed by atoms with Gasteiger partial charge in [-0.3, -0.25) is 9.78 Å². The number of carbonyl (C=O) groups excluding carboxylic acids is 1. The van der Waals surface area contributed by atoms with Gasteiger partial charge in [0.25, 0.3) is 5.91 Å². The number of benzene rings is 1. The van der Waals surface area contributed by atoms with Crippen molar-refractivity contribution in [2.45, 2.75) is 13.1 Å². The zero-order chi connectivity index (χ0) is 22.5. The molecule has 9 nitrogen and oxygen atoms in total. The van der Waals surface area contributed by atoms with E-state index >= 15 is 0 Å². The lowest BCUT2D eigenvalue weighted by Crippen LogP contribution is -2.23. The number of halogens is 2. The summed E-state index contributed by atoms with van der Waals surface area (Å²) < 4.78 is 1.86. The monoisotopic (exact) mass is 468 g/mol. The fourth-order valence-electron chi connectivity index (χ4n) is 2.99. The fraction of sp³-hybridized carbons (Fsp3) is 0.143. The van der Waals surface area contributed by atoms with Gasteiger partial charge in [-0.25, -0.2) is 9.97 Å². The van der Waals surface area contributed by atoms with E-state index < -0.39 is 0 Å². The molecule has 0 saturated carbocycles. The number of nitrogens with zero attached hydrogens (tertiary/aromatic N) is 6. The summed E-state index contributed by atoms with van der Waals surface area (Å²) in [6.07, 6.45) is 6.10. The highest BCUT2D eigenvalue weighted by Crippen LogP contribution is 2.22. The van der Waals surface area contributed by atoms with Gasteiger partial charge >= 0.3 is 0 Å². The Morgan fingerprint density at radius 3 is 2.62 bits per heavy atom. The van der Waals surface area contributed by atoms with Crippen LogP contribution in [0.15, 0.2) is 55.2 Å². The number of pyridine rings is 1. The van der Waals surface area contributed by atoms with E-state index in [9.17, 15) is 4.79 Å². The van der Waals surface area contributed by atoms with Crippen molar-refractivity contribution >= 4 is 34.8 Å². The molecule has 4 rings (SSSR count). The summed E-state index contributed by atoms with van der Waals surface area (Å²) in [6, 6.07) is 8.93. The molecule has 0 radical (unpaired) electrons. The molecule has 2 N–H and O–H groups in total. The molecule has 11 heteroatoms. The largest absolute Gasteiger partial charge is 0.378 e. The molecule has 0 aliphatic carbocycles. The Hall–Kier alpha value is -3.56. The van der Waals surface area contributed by atoms with Crippen LogP contribution in [0.5, 0.6) is 0 Å². The van der Waals surface area contributed by atoms with Crippen molar-refractivity contribution in [1.29, 1.82) is 0 Å². The number of aromatic nitrogens is 6. The normalized spacial score (nSPS) is 10.7. The molecule has 0 spiro atoms. The Morgan fingerprint density at radius 2 is 1.88 bits per heavy atom. The lowest BCUT2D eigenvalue weighted by atomic mass is 10.1. The van der Waals surface area contributed by atoms with Crippen molar-refractivity contribution in [3.8, 4) is 11.5 Å². The summed E-state index contributed by atoms with van der Waals surface area (Å²) in [5, 5.41) is 15.3. The first-order chi connectivity index (χ1) is 15.5. The number of rotatable bonds is 7. The van der Waals surface area contributed by atoms with Gasteiger partial charge in [0.15, 0.2) is 11.6 Å². The third kappa shape index (κ3) is 4.84. The molecule has 1 aromatic carbocycles. The fourth-order valence-corrected chi connectivity index (χ4v) is 3.49. The van der Waals surface area contributed by atoms with E-state index in [-0.39, 0.29) is 12.5 Å². The van der Waals surface area contributed by atoms with E-state index in [2.05, 4.69) is 35.8 Å². The predicted molar refractivity (Wildman–Crippen MR) is 121 cm³/mol. The average Bonchev–Trinajstić information content (AvgIpc) is 3.18. The Kier molecular flexibility index (Phi) is 6.58. The van der Waals surface area contributed by atoms with Crippen LogP contribution in [0.25, 0.3) is 11.5 Å². The van der Waals surface area contributed by atoms with Crippen molar-refractivity contribution in [3.05, 3.63) is 82.2 Å². The van der Waals surface area contributed by atoms with E-state index in [4.69, 9.17) is 23.2 Å². The molecule has 0 aliphatic heterocycles. The molecule has 4 aromatic rings. The van der Waals surface area contributed by atoms with Crippen LogP contribution in [-0.2, 0) is 20.1 Å². The van der Waals surface area contributed by atoms with Crippen molar-refractivity contribution in [1.82, 2.24) is 35.0 Å². The van der Waals surface area contributed by atoms with Gasteiger partial charge in [0.05, 0.1) is 16.6 Å². The van der Waals surface area contributed by atoms with Crippen LogP contribution in [0.2, 0.25) is 10.0 Å². The Balaban J connectivity index is 1.40. The van der Waals surface area contributed by atoms with Gasteiger partial charge in [0, 0.05) is 49.0 Å². The molecule has 32 heavy (non-hydrogen) atoms. The van der Waals surface area contributed by atoms with Crippen molar-refractivity contribution in [2.24, 2.45) is 7.05 Å². The lowest BCUT2D eigenvalue weighted by molar-refractivity contribution is 0.0951. The number of amides is 1. The van der Waals surface area contributed by atoms with Gasteiger partial charge in [-0.2, -0.15) is 0 Å². The van der Waals surface area contributed by atoms with Crippen LogP contribution in [0.1, 0.15) is 21.7 Å². The Labute approximate surface area is 193 Å². The second kappa shape index (κ2) is 9.71. The highest BCUT2D eigenvalue weighted by atomic mass is 35.5. The van der Waals surface area contributed by atoms with E-state index in [0.717, 1.165) is 11.5 Å². The molecule has 0 saturated heterocycles. The number of hydrogen-bond donors (Lipinski definition) is 2. The minimum atomic E-state index is -0.248. The van der Waals surface area contributed by atoms with Crippen LogP contribution in [-0.4, -0.2) is 35.6 Å². The van der Waals surface area contributed by atoms with Crippen LogP contribution in [0, 0.1) is 0 Å². The summed E-state index contributed by atoms with van der Waals surface area (Å²) in [4.78, 5) is 24.6. The third-order valence-corrected chi connectivity index (χ3v) is 5.38. The van der Waals surface area contributed by atoms with E-state index in [1.807, 2.05) is 17.7 Å². The minimum Gasteiger partial charge on any atom is -0.378 e. The van der Waals surface area contributed by atoms with E-state index in [0.29, 0.717) is 39.2 Å². The molecule has 0 unspecified atom stereocenters. The van der Waals surface area contributed by atoms with Gasteiger partial charge in [0.2, 0.25) is 0 Å². The Bertz CT molecular complexity index is 1230. The topological polar surface area (TPSA) is 111 Å². The maximum atomic E-state index is 12.6. The van der Waals surface area contributed by atoms with Crippen molar-refractivity contribution in [2.75, 3.05) is 5.32 Å². The van der Waals surface area contributed by atoms with Crippen LogP contribution < -0.4 is 10.6 Å². The highest BCUT2D eigenvalue weighted by molar-refractivity contribution is 6.35. The molecule has 0 aliphatic rings. The maximum Gasteiger partial charge on any atom is 0.251 e. The number of nitrogens with one attached hydrogen (secondary N) is 2. The number of hydrogen-bond acceptors (Lipinski definition) is 7. The van der Waals surface area contributed by atoms with Gasteiger partial charge in [0.1, 0.15) is 12.0 Å². The van der Waals surface area contributed by atoms with Gasteiger partial charge in [-0.15, -0.1) is 10.2 Å². The van der Waals surface area contributed by atoms with Crippen LogP contribution in [0.4, 0.5) is 5.69 Å². The molecular weight excluding hydrogens is 451 g/mol. The first kappa shape index (κ1) is 21.7. The third-order valence-electron chi connectivity index (χ3n) is 4.73. The number of carbonyl (C=O) groups is 1. The second-order valence-corrected chi connectivity index (χ2v) is 7.61. The van der Waals surface area contributed by atoms with Crippen molar-refractivity contribution < 1.29 is 4.79 Å². The molecule has 0 atom stereocenters. The standard InChI is InChI=1S/C21H18Cl2N8O/c1-31-19(29-30-20(31)18-5-6-24-12-28-18)11-26-14-4-2-3-13(7-14)21(32)27-8-15-16(22)9-25-10-17(15)23/h2-7,9-10,12,26H,8,11H2,1H3,(H,27,32). The van der Waals surface area contributed by atoms with E-state index in [1.165, 1.54) is 18.7 Å². The second-order valence-electron chi connectivity index (χ2n) is 6.79. The summed E-state index contributed by atoms with van der Waals surface area (Å²) >= 11 is 12.2. The summed E-state index contributed by atoms with van der Waals surface area (Å²) in [5.41, 5.74) is 2.57. The maximum absolute atomic E-state index is 12.6. The van der Waals surface area contributed by atoms with Crippen LogP contribution >= 0.6 is 23.2 Å². The summed E-state index contributed by atoms with van der Waals surface area (Å²) in [5.74, 6) is 1.11. The SMILES string of the molecule is Cn1c(CNc2cccc(C(=O)NCc3c(Cl)cncc3Cl)c2)nnc1-c1ccncn1. The smallest absolute Gasteiger partial charge is 0.251 e. The predicted octanol–water partition coefficient (Wildman–Crippen LogP) is 3.52. The van der Waals surface area contributed by atoms with Gasteiger partial charge < -0.3 is 15.2 Å². The van der Waals surface area contributed by atoms with Gasteiger partial charge in [-0.1, -0.05) is 29.3 Å². The molecule has 0 fully saturated rings. The number of anilines is 1. The quantitative estimate of drug-likeness (QED) is 0.426. The molecule has 3 heterocycles. The van der Waals surface area contributed by atoms with Gasteiger partial charge in [-0.05, 0) is 24.3 Å². The Morgan fingerprint density at radius 1 is 1.06 bits per heavy atom. The first-order valence-corrected chi connectivity index (χ1v) is 10.3. The molecule has 1 amide bonds. The first-order valence-electron chi connectivity index (χ1n) is 9.57. The molecule has 3 aromatic heterocycles. The highest BCUT2D eigenvalue weighted by Gasteiger charge is 2.13. The zero-order valence-corrected chi connectivity index (χ0v) is 18.5. The minimum absolute atomic E-state index is 0.196. The molecular formula is C21H18Cl2N8O. The zero-order valence-electron chi connectivity index (χ0n) is 17.0. The lowest BCUT2D eigenvalue weighted by Gasteiger charge is -2.10. The summed E-state index contributed by atoms with van der Waals surface area (Å²) in [6.45, 7) is 0.614. The van der Waals surface area contributed by atoms with E-state index in [1.54, 1.807) is 30.5 Å². The molecule has 0 bridgehead atoms. The average molecular weight is 469 g/mol. The molecule has 162 valence electrons.